The van der Waals surface area contributed by atoms with Gasteiger partial charge in [0.25, 0.3) is 5.56 Å². The maximum absolute atomic E-state index is 14.0. The Kier molecular flexibility index (Phi) is 4.77. The Balaban J connectivity index is 1.55. The Morgan fingerprint density at radius 3 is 2.74 bits per heavy atom. The van der Waals surface area contributed by atoms with E-state index < -0.39 is 0 Å². The van der Waals surface area contributed by atoms with Crippen LogP contribution in [0.4, 0.5) is 5.69 Å². The van der Waals surface area contributed by atoms with Crippen LogP contribution in [0.15, 0.2) is 83.6 Å². The fourth-order valence-electron chi connectivity index (χ4n) is 4.32. The van der Waals surface area contributed by atoms with Gasteiger partial charge in [0.05, 0.1) is 29.5 Å². The third kappa shape index (κ3) is 3.29. The van der Waals surface area contributed by atoms with E-state index in [-0.39, 0.29) is 11.6 Å². The Labute approximate surface area is 198 Å². The summed E-state index contributed by atoms with van der Waals surface area (Å²) < 4.78 is 6.22. The summed E-state index contributed by atoms with van der Waals surface area (Å²) in [6.07, 6.45) is 8.99. The molecule has 168 valence electrons. The number of para-hydroxylation sites is 1. The van der Waals surface area contributed by atoms with Crippen LogP contribution in [-0.2, 0) is 7.05 Å². The zero-order valence-electron chi connectivity index (χ0n) is 18.6. The molecule has 1 unspecified atom stereocenters. The van der Waals surface area contributed by atoms with Crippen molar-refractivity contribution in [3.8, 4) is 16.8 Å². The third-order valence-corrected chi connectivity index (χ3v) is 6.84. The van der Waals surface area contributed by atoms with E-state index in [1.54, 1.807) is 43.7 Å². The fraction of sp³-hybridized carbons (Fsp3) is 0.120. The topological polar surface area (TPSA) is 82.0 Å². The van der Waals surface area contributed by atoms with Crippen LogP contribution < -0.4 is 10.9 Å². The Morgan fingerprint density at radius 1 is 1.09 bits per heavy atom. The lowest BCUT2D eigenvalue weighted by Gasteiger charge is -2.21. The Morgan fingerprint density at radius 2 is 1.94 bits per heavy atom. The normalized spacial score (nSPS) is 12.4. The van der Waals surface area contributed by atoms with Crippen molar-refractivity contribution in [1.82, 2.24) is 28.9 Å². The van der Waals surface area contributed by atoms with Gasteiger partial charge < -0.3 is 5.32 Å². The lowest BCUT2D eigenvalue weighted by molar-refractivity contribution is 0.768. The van der Waals surface area contributed by atoms with Crippen LogP contribution in [-0.4, -0.2) is 28.9 Å². The van der Waals surface area contributed by atoms with Crippen molar-refractivity contribution in [3.63, 3.8) is 0 Å². The number of hydrogen-bond acceptors (Lipinski definition) is 6. The number of hydrogen-bond donors (Lipinski definition) is 1. The summed E-state index contributed by atoms with van der Waals surface area (Å²) in [5, 5.41) is 14.9. The number of aryl methyl sites for hydroxylation is 1. The van der Waals surface area contributed by atoms with Gasteiger partial charge in [0.2, 0.25) is 0 Å². The minimum Gasteiger partial charge on any atom is -0.374 e. The molecule has 34 heavy (non-hydrogen) atoms. The van der Waals surface area contributed by atoms with E-state index in [4.69, 9.17) is 0 Å². The van der Waals surface area contributed by atoms with E-state index in [1.807, 2.05) is 61.2 Å². The van der Waals surface area contributed by atoms with E-state index in [0.29, 0.717) is 5.39 Å². The number of nitrogens with one attached hydrogen (secondary N) is 1. The molecular formula is C25H21N7OS. The smallest absolute Gasteiger partial charge is 0.264 e. The molecule has 5 heterocycles. The highest BCUT2D eigenvalue weighted by molar-refractivity contribution is 7.17. The summed E-state index contributed by atoms with van der Waals surface area (Å²) in [7, 11) is 1.88. The average Bonchev–Trinajstić information content (AvgIpc) is 3.59. The molecule has 0 saturated carbocycles. The van der Waals surface area contributed by atoms with Crippen LogP contribution in [0.25, 0.3) is 32.5 Å². The average molecular weight is 468 g/mol. The van der Waals surface area contributed by atoms with Gasteiger partial charge >= 0.3 is 0 Å². The largest absolute Gasteiger partial charge is 0.374 e. The number of aromatic nitrogens is 6. The van der Waals surface area contributed by atoms with Gasteiger partial charge in [-0.3, -0.25) is 14.0 Å². The molecule has 0 bridgehead atoms. The highest BCUT2D eigenvalue weighted by atomic mass is 32.1. The maximum Gasteiger partial charge on any atom is 0.264 e. The number of anilines is 1. The minimum absolute atomic E-state index is 0.0480. The van der Waals surface area contributed by atoms with Crippen molar-refractivity contribution < 1.29 is 0 Å². The van der Waals surface area contributed by atoms with Crippen molar-refractivity contribution in [2.75, 3.05) is 5.32 Å². The van der Waals surface area contributed by atoms with Gasteiger partial charge in [-0.05, 0) is 31.2 Å². The highest BCUT2D eigenvalue weighted by Gasteiger charge is 2.21. The molecular weight excluding hydrogens is 446 g/mol. The molecule has 1 N–H and O–H groups in total. The first-order valence-electron chi connectivity index (χ1n) is 10.9. The summed E-state index contributed by atoms with van der Waals surface area (Å²) in [4.78, 5) is 18.4. The first kappa shape index (κ1) is 20.4. The minimum atomic E-state index is -0.177. The van der Waals surface area contributed by atoms with Crippen LogP contribution in [0.5, 0.6) is 0 Å². The summed E-state index contributed by atoms with van der Waals surface area (Å²) in [6.45, 7) is 2.05. The van der Waals surface area contributed by atoms with Crippen LogP contribution in [0.2, 0.25) is 0 Å². The van der Waals surface area contributed by atoms with Crippen LogP contribution >= 0.6 is 11.3 Å². The van der Waals surface area contributed by atoms with Crippen molar-refractivity contribution >= 4 is 32.8 Å². The van der Waals surface area contributed by atoms with Gasteiger partial charge in [-0.15, -0.1) is 11.3 Å². The van der Waals surface area contributed by atoms with Gasteiger partial charge in [0, 0.05) is 58.2 Å². The second kappa shape index (κ2) is 7.96. The van der Waals surface area contributed by atoms with Crippen LogP contribution in [0.1, 0.15) is 18.7 Å². The van der Waals surface area contributed by atoms with E-state index in [0.717, 1.165) is 38.5 Å². The molecule has 0 spiro atoms. The number of imidazole rings is 1. The molecule has 0 radical (unpaired) electrons. The van der Waals surface area contributed by atoms with Crippen molar-refractivity contribution in [3.05, 3.63) is 94.9 Å². The molecule has 1 atom stereocenters. The summed E-state index contributed by atoms with van der Waals surface area (Å²) >= 11 is 1.57. The van der Waals surface area contributed by atoms with Crippen molar-refractivity contribution in [2.45, 2.75) is 13.0 Å². The van der Waals surface area contributed by atoms with Crippen LogP contribution in [0.3, 0.4) is 0 Å². The van der Waals surface area contributed by atoms with E-state index in [9.17, 15) is 4.79 Å². The maximum atomic E-state index is 14.0. The molecule has 9 heteroatoms. The number of benzene rings is 1. The zero-order chi connectivity index (χ0) is 23.2. The molecule has 5 aromatic heterocycles. The van der Waals surface area contributed by atoms with Crippen molar-refractivity contribution in [1.29, 1.82) is 0 Å². The monoisotopic (exact) mass is 467 g/mol. The predicted molar refractivity (Wildman–Crippen MR) is 135 cm³/mol. The number of thiophene rings is 1. The molecule has 0 aliphatic rings. The predicted octanol–water partition coefficient (Wildman–Crippen LogP) is 4.67. The quantitative estimate of drug-likeness (QED) is 0.399. The Bertz CT molecular complexity index is 1690. The van der Waals surface area contributed by atoms with Gasteiger partial charge in [-0.2, -0.15) is 10.2 Å². The van der Waals surface area contributed by atoms with Gasteiger partial charge in [-0.25, -0.2) is 9.50 Å². The number of fused-ring (bicyclic) bond motifs is 2. The highest BCUT2D eigenvalue weighted by Crippen LogP contribution is 2.34. The molecule has 6 aromatic rings. The lowest BCUT2D eigenvalue weighted by atomic mass is 10.1. The standard InChI is InChI=1S/C25H21N7OS/c1-16(29-20-8-9-27-31-11-10-26-24(20)31)21-12-22-23(19(15-34-22)17-13-28-30(2)14-17)25(33)32(21)18-6-4-3-5-7-18/h3-16,29H,1-2H3. The number of rotatable bonds is 5. The first-order valence-corrected chi connectivity index (χ1v) is 11.7. The first-order chi connectivity index (χ1) is 16.6. The summed E-state index contributed by atoms with van der Waals surface area (Å²) in [5.74, 6) is 0. The molecule has 0 amide bonds. The fourth-order valence-corrected chi connectivity index (χ4v) is 5.32. The van der Waals surface area contributed by atoms with Crippen LogP contribution in [0, 0.1) is 0 Å². The molecule has 0 saturated heterocycles. The molecule has 0 aliphatic carbocycles. The van der Waals surface area contributed by atoms with E-state index in [2.05, 4.69) is 33.5 Å². The van der Waals surface area contributed by atoms with Gasteiger partial charge in [0.1, 0.15) is 0 Å². The second-order valence-electron chi connectivity index (χ2n) is 8.14. The van der Waals surface area contributed by atoms with Gasteiger partial charge in [0.15, 0.2) is 5.65 Å². The zero-order valence-corrected chi connectivity index (χ0v) is 19.4. The van der Waals surface area contributed by atoms with Gasteiger partial charge in [-0.1, -0.05) is 18.2 Å². The molecule has 8 nitrogen and oxygen atoms in total. The number of nitrogens with zero attached hydrogens (tertiary/aromatic N) is 6. The SMILES string of the molecule is CC(Nc1ccnn2ccnc12)c1cc2scc(-c3cnn(C)c3)c2c(=O)n1-c1ccccc1. The molecule has 6 rings (SSSR count). The molecule has 0 fully saturated rings. The summed E-state index contributed by atoms with van der Waals surface area (Å²) in [5.41, 5.74) is 5.06. The lowest BCUT2D eigenvalue weighted by Crippen LogP contribution is -2.25. The third-order valence-electron chi connectivity index (χ3n) is 5.91. The number of pyridine rings is 1. The second-order valence-corrected chi connectivity index (χ2v) is 9.05. The molecule has 1 aromatic carbocycles. The summed E-state index contributed by atoms with van der Waals surface area (Å²) in [6, 6.07) is 13.6. The van der Waals surface area contributed by atoms with E-state index >= 15 is 0 Å². The Hall–Kier alpha value is -4.24. The van der Waals surface area contributed by atoms with Crippen molar-refractivity contribution in [2.24, 2.45) is 7.05 Å². The molecule has 0 aliphatic heterocycles. The van der Waals surface area contributed by atoms with E-state index in [1.165, 1.54) is 0 Å².